The van der Waals surface area contributed by atoms with Crippen LogP contribution < -0.4 is 11.1 Å². The zero-order valence-corrected chi connectivity index (χ0v) is 17.3. The second kappa shape index (κ2) is 7.67. The molecule has 0 aromatic carbocycles. The molecular weight excluding hydrogens is 414 g/mol. The van der Waals surface area contributed by atoms with Gasteiger partial charge in [-0.2, -0.15) is 4.98 Å². The first-order chi connectivity index (χ1) is 14.2. The number of hydrogen-bond acceptors (Lipinski definition) is 9. The Hall–Kier alpha value is -2.44. The van der Waals surface area contributed by atoms with Crippen LogP contribution in [-0.2, 0) is 16.0 Å². The van der Waals surface area contributed by atoms with Gasteiger partial charge in [0.25, 0.3) is 0 Å². The van der Waals surface area contributed by atoms with Gasteiger partial charge >= 0.3 is 17.8 Å². The summed E-state index contributed by atoms with van der Waals surface area (Å²) in [5, 5.41) is 26.9. The molecule has 2 unspecified atom stereocenters. The molecule has 1 aromatic heterocycles. The van der Waals surface area contributed by atoms with Crippen molar-refractivity contribution < 1.29 is 29.1 Å². The van der Waals surface area contributed by atoms with E-state index in [9.17, 15) is 24.6 Å². The van der Waals surface area contributed by atoms with E-state index in [0.717, 1.165) is 6.42 Å². The molecule has 2 saturated heterocycles. The van der Waals surface area contributed by atoms with Crippen LogP contribution in [0.3, 0.4) is 0 Å². The molecule has 0 aliphatic carbocycles. The Morgan fingerprint density at radius 1 is 1.47 bits per heavy atom. The number of nitrogens with zero attached hydrogens (tertiary/aromatic N) is 3. The summed E-state index contributed by atoms with van der Waals surface area (Å²) >= 11 is 1.47. The first-order valence-corrected chi connectivity index (χ1v) is 10.6. The Bertz CT molecular complexity index is 930. The number of aliphatic carboxylic acids is 1. The van der Waals surface area contributed by atoms with Gasteiger partial charge in [0, 0.05) is 35.1 Å². The number of primary amides is 1. The minimum absolute atomic E-state index is 0.0344. The van der Waals surface area contributed by atoms with Crippen molar-refractivity contribution in [3.05, 3.63) is 22.3 Å². The van der Waals surface area contributed by atoms with Crippen molar-refractivity contribution in [2.45, 2.75) is 50.1 Å². The van der Waals surface area contributed by atoms with Crippen LogP contribution in [0.4, 0.5) is 0 Å². The summed E-state index contributed by atoms with van der Waals surface area (Å²) in [5.41, 5.74) is 5.15. The number of fused-ring (bicyclic) bond motifs is 1. The molecular formula is C18H23N5O6S. The van der Waals surface area contributed by atoms with Gasteiger partial charge in [-0.15, -0.1) is 11.8 Å². The van der Waals surface area contributed by atoms with E-state index in [2.05, 4.69) is 15.5 Å². The van der Waals surface area contributed by atoms with Crippen LogP contribution >= 0.6 is 11.8 Å². The van der Waals surface area contributed by atoms with Crippen molar-refractivity contribution in [2.24, 2.45) is 17.6 Å². The van der Waals surface area contributed by atoms with Gasteiger partial charge in [0.1, 0.15) is 5.70 Å². The van der Waals surface area contributed by atoms with E-state index in [1.54, 1.807) is 6.92 Å². The summed E-state index contributed by atoms with van der Waals surface area (Å²) in [6.45, 7) is 4.12. The quantitative estimate of drug-likeness (QED) is 0.401. The largest absolute Gasteiger partial charge is 0.477 e. The van der Waals surface area contributed by atoms with Crippen molar-refractivity contribution >= 4 is 29.5 Å². The second-order valence-corrected chi connectivity index (χ2v) is 9.28. The number of nitrogens with one attached hydrogen (secondary N) is 1. The summed E-state index contributed by atoms with van der Waals surface area (Å²) in [7, 11) is 0. The van der Waals surface area contributed by atoms with Crippen LogP contribution in [0.1, 0.15) is 36.8 Å². The summed E-state index contributed by atoms with van der Waals surface area (Å²) in [5.74, 6) is -2.82. The van der Waals surface area contributed by atoms with Crippen molar-refractivity contribution in [3.63, 3.8) is 0 Å². The molecule has 0 saturated carbocycles. The first-order valence-electron chi connectivity index (χ1n) is 9.70. The molecule has 12 heteroatoms. The van der Waals surface area contributed by atoms with Crippen LogP contribution in [0, 0.1) is 11.8 Å². The maximum absolute atomic E-state index is 12.4. The summed E-state index contributed by atoms with van der Waals surface area (Å²) in [4.78, 5) is 41.4. The topological polar surface area (TPSA) is 172 Å². The number of carbonyl (C=O) groups is 3. The lowest BCUT2D eigenvalue weighted by atomic mass is 9.79. The molecule has 0 spiro atoms. The Kier molecular flexibility index (Phi) is 5.32. The van der Waals surface area contributed by atoms with E-state index >= 15 is 0 Å². The summed E-state index contributed by atoms with van der Waals surface area (Å²) in [6.07, 6.45) is 0.358. The van der Waals surface area contributed by atoms with Gasteiger partial charge in [-0.05, 0) is 13.3 Å². The van der Waals surface area contributed by atoms with Gasteiger partial charge in [-0.1, -0.05) is 12.1 Å². The minimum atomic E-state index is -1.13. The highest BCUT2D eigenvalue weighted by atomic mass is 32.2. The predicted molar refractivity (Wildman–Crippen MR) is 104 cm³/mol. The fourth-order valence-corrected chi connectivity index (χ4v) is 6.06. The molecule has 3 aliphatic heterocycles. The highest BCUT2D eigenvalue weighted by Gasteiger charge is 2.60. The highest BCUT2D eigenvalue weighted by Crippen LogP contribution is 2.51. The number of rotatable bonds is 7. The zero-order valence-electron chi connectivity index (χ0n) is 16.4. The minimum Gasteiger partial charge on any atom is -0.477 e. The van der Waals surface area contributed by atoms with Crippen LogP contribution in [-0.4, -0.2) is 73.0 Å². The van der Waals surface area contributed by atoms with Gasteiger partial charge in [-0.3, -0.25) is 9.59 Å². The molecule has 30 heavy (non-hydrogen) atoms. The highest BCUT2D eigenvalue weighted by molar-refractivity contribution is 8.03. The van der Waals surface area contributed by atoms with Crippen LogP contribution in [0.25, 0.3) is 0 Å². The van der Waals surface area contributed by atoms with Gasteiger partial charge in [0.2, 0.25) is 5.91 Å². The Balaban J connectivity index is 1.44. The molecule has 3 aliphatic rings. The molecule has 0 bridgehead atoms. The van der Waals surface area contributed by atoms with E-state index < -0.39 is 23.9 Å². The fourth-order valence-electron chi connectivity index (χ4n) is 4.54. The van der Waals surface area contributed by atoms with E-state index in [-0.39, 0.29) is 40.7 Å². The maximum atomic E-state index is 12.4. The fraction of sp³-hybridized carbons (Fsp3) is 0.611. The first kappa shape index (κ1) is 20.8. The monoisotopic (exact) mass is 437 g/mol. The molecule has 1 aromatic rings. The molecule has 4 rings (SSSR count). The third-order valence-electron chi connectivity index (χ3n) is 5.89. The molecule has 2 fully saturated rings. The molecule has 2 amide bonds. The van der Waals surface area contributed by atoms with E-state index in [0.29, 0.717) is 23.7 Å². The number of hydrogen-bond donors (Lipinski definition) is 4. The number of aliphatic hydroxyl groups is 1. The van der Waals surface area contributed by atoms with Crippen molar-refractivity contribution in [2.75, 3.05) is 6.54 Å². The smallest absolute Gasteiger partial charge is 0.353 e. The van der Waals surface area contributed by atoms with E-state index in [1.165, 1.54) is 16.7 Å². The number of β-lactam (4-membered cyclic amide) rings is 1. The lowest BCUT2D eigenvalue weighted by Crippen LogP contribution is -2.63. The third-order valence-corrected chi connectivity index (χ3v) is 7.41. The Morgan fingerprint density at radius 3 is 2.80 bits per heavy atom. The van der Waals surface area contributed by atoms with E-state index in [4.69, 9.17) is 10.3 Å². The van der Waals surface area contributed by atoms with Gasteiger partial charge in [-0.25, -0.2) is 4.79 Å². The zero-order chi connectivity index (χ0) is 21.7. The molecule has 6 atom stereocenters. The van der Waals surface area contributed by atoms with E-state index in [1.807, 2.05) is 6.92 Å². The molecule has 0 radical (unpaired) electrons. The van der Waals surface area contributed by atoms with Gasteiger partial charge in [0.05, 0.1) is 18.1 Å². The lowest BCUT2D eigenvalue weighted by molar-refractivity contribution is -0.163. The Labute approximate surface area is 176 Å². The molecule has 11 nitrogen and oxygen atoms in total. The normalized spacial score (nSPS) is 31.6. The summed E-state index contributed by atoms with van der Waals surface area (Å²) in [6, 6.07) is -0.280. The van der Waals surface area contributed by atoms with Gasteiger partial charge in [0.15, 0.2) is 5.82 Å². The Morgan fingerprint density at radius 2 is 2.20 bits per heavy atom. The number of thioether (sulfide) groups is 1. The van der Waals surface area contributed by atoms with Crippen molar-refractivity contribution in [1.29, 1.82) is 0 Å². The average Bonchev–Trinajstić information content (AvgIpc) is 3.35. The lowest BCUT2D eigenvalue weighted by Gasteiger charge is -2.46. The molecule has 4 heterocycles. The number of carbonyl (C=O) groups excluding carboxylic acids is 2. The molecule has 5 N–H and O–H groups in total. The second-order valence-electron chi connectivity index (χ2n) is 7.94. The SMILES string of the molecule is C[C@@H](O)C1C(=O)N2C(C(=O)O)=C(S[C@@H]3CN[C@H](Cc4noc(C(N)=O)n4)C3)[C@H](C)C12. The standard InChI is InChI=1S/C18H23N5O6S/c1-6-12-11(7(2)24)17(26)23(12)13(18(27)28)14(6)30-9-3-8(20-5-9)4-10-21-16(15(19)25)29-22-10/h6-9,11-12,20,24H,3-5H2,1-2H3,(H2,19,25)(H,27,28)/t6-,7-,8+,9+,11?,12?/m1/s1. The number of carboxylic acids is 1. The van der Waals surface area contributed by atoms with Crippen LogP contribution in [0.5, 0.6) is 0 Å². The number of aromatic nitrogens is 2. The number of amides is 2. The van der Waals surface area contributed by atoms with Crippen LogP contribution in [0.2, 0.25) is 0 Å². The van der Waals surface area contributed by atoms with Gasteiger partial charge < -0.3 is 30.7 Å². The summed E-state index contributed by atoms with van der Waals surface area (Å²) < 4.78 is 4.80. The number of nitrogens with two attached hydrogens (primary N) is 1. The number of aliphatic hydroxyl groups excluding tert-OH is 1. The maximum Gasteiger partial charge on any atom is 0.353 e. The van der Waals surface area contributed by atoms with Crippen molar-refractivity contribution in [3.8, 4) is 0 Å². The van der Waals surface area contributed by atoms with Crippen LogP contribution in [0.15, 0.2) is 15.1 Å². The molecule has 162 valence electrons. The predicted octanol–water partition coefficient (Wildman–Crippen LogP) is -0.672. The third kappa shape index (κ3) is 3.38. The average molecular weight is 437 g/mol. The number of carboxylic acid groups (broad SMARTS) is 1. The van der Waals surface area contributed by atoms with Crippen molar-refractivity contribution in [1.82, 2.24) is 20.4 Å².